The Hall–Kier alpha value is -0.710. The van der Waals surface area contributed by atoms with E-state index in [2.05, 4.69) is 41.7 Å². The molecule has 0 bridgehead atoms. The average molecular weight is 238 g/mol. The standard InChI is InChI=1S/C11H14N2S2/c1-8(11-9(2)13-7-15-11)12-6-10-4-3-5-14-10/h3-5,7-8,12H,6H2,1-2H3. The summed E-state index contributed by atoms with van der Waals surface area (Å²) in [6.07, 6.45) is 0. The van der Waals surface area contributed by atoms with E-state index >= 15 is 0 Å². The zero-order valence-corrected chi connectivity index (χ0v) is 10.5. The number of hydrogen-bond acceptors (Lipinski definition) is 4. The molecule has 0 aliphatic rings. The summed E-state index contributed by atoms with van der Waals surface area (Å²) in [7, 11) is 0. The van der Waals surface area contributed by atoms with Gasteiger partial charge < -0.3 is 5.32 Å². The average Bonchev–Trinajstić information content (AvgIpc) is 2.84. The molecule has 0 saturated heterocycles. The van der Waals surface area contributed by atoms with Crippen LogP contribution in [-0.4, -0.2) is 4.98 Å². The Morgan fingerprint density at radius 2 is 2.33 bits per heavy atom. The number of nitrogens with one attached hydrogen (secondary N) is 1. The summed E-state index contributed by atoms with van der Waals surface area (Å²) in [4.78, 5) is 6.98. The van der Waals surface area contributed by atoms with Crippen molar-refractivity contribution >= 4 is 22.7 Å². The Labute approximate surface area is 98.0 Å². The number of nitrogens with zero attached hydrogens (tertiary/aromatic N) is 1. The molecule has 1 atom stereocenters. The molecule has 2 heterocycles. The van der Waals surface area contributed by atoms with Crippen LogP contribution in [0.1, 0.15) is 28.4 Å². The summed E-state index contributed by atoms with van der Waals surface area (Å²) in [6, 6.07) is 4.63. The van der Waals surface area contributed by atoms with Gasteiger partial charge in [-0.15, -0.1) is 22.7 Å². The van der Waals surface area contributed by atoms with Crippen LogP contribution in [0.15, 0.2) is 23.0 Å². The van der Waals surface area contributed by atoms with E-state index in [1.165, 1.54) is 9.75 Å². The van der Waals surface area contributed by atoms with Gasteiger partial charge in [-0.05, 0) is 25.3 Å². The van der Waals surface area contributed by atoms with Gasteiger partial charge in [-0.1, -0.05) is 6.07 Å². The van der Waals surface area contributed by atoms with Crippen LogP contribution in [0.25, 0.3) is 0 Å². The minimum atomic E-state index is 0.389. The highest BCUT2D eigenvalue weighted by molar-refractivity contribution is 7.10. The fourth-order valence-corrected chi connectivity index (χ4v) is 2.98. The summed E-state index contributed by atoms with van der Waals surface area (Å²) >= 11 is 3.52. The second-order valence-corrected chi connectivity index (χ2v) is 5.40. The molecule has 0 aromatic carbocycles. The lowest BCUT2D eigenvalue weighted by molar-refractivity contribution is 0.584. The molecular weight excluding hydrogens is 224 g/mol. The van der Waals surface area contributed by atoms with Crippen molar-refractivity contribution in [3.63, 3.8) is 0 Å². The molecule has 1 unspecified atom stereocenters. The predicted octanol–water partition coefficient (Wildman–Crippen LogP) is 3.36. The van der Waals surface area contributed by atoms with Crippen molar-refractivity contribution < 1.29 is 0 Å². The number of aryl methyl sites for hydroxylation is 1. The summed E-state index contributed by atoms with van der Waals surface area (Å²) in [5.41, 5.74) is 3.06. The van der Waals surface area contributed by atoms with Gasteiger partial charge in [-0.3, -0.25) is 0 Å². The first kappa shape index (κ1) is 10.8. The second-order valence-electron chi connectivity index (χ2n) is 3.48. The number of rotatable bonds is 4. The van der Waals surface area contributed by atoms with Gasteiger partial charge in [0, 0.05) is 22.3 Å². The van der Waals surface area contributed by atoms with Crippen molar-refractivity contribution in [2.24, 2.45) is 0 Å². The first-order valence-corrected chi connectivity index (χ1v) is 6.69. The lowest BCUT2D eigenvalue weighted by Crippen LogP contribution is -2.17. The minimum Gasteiger partial charge on any atom is -0.304 e. The van der Waals surface area contributed by atoms with Gasteiger partial charge in [0.2, 0.25) is 0 Å². The third-order valence-electron chi connectivity index (χ3n) is 2.34. The second kappa shape index (κ2) is 4.88. The zero-order valence-electron chi connectivity index (χ0n) is 8.86. The van der Waals surface area contributed by atoms with Gasteiger partial charge in [0.25, 0.3) is 0 Å². The minimum absolute atomic E-state index is 0.389. The van der Waals surface area contributed by atoms with E-state index in [1.54, 1.807) is 22.7 Å². The van der Waals surface area contributed by atoms with Gasteiger partial charge in [-0.2, -0.15) is 0 Å². The van der Waals surface area contributed by atoms with E-state index in [4.69, 9.17) is 0 Å². The Balaban J connectivity index is 1.93. The highest BCUT2D eigenvalue weighted by atomic mass is 32.1. The van der Waals surface area contributed by atoms with E-state index in [1.807, 2.05) is 5.51 Å². The molecule has 4 heteroatoms. The molecule has 0 aliphatic carbocycles. The molecule has 80 valence electrons. The Kier molecular flexibility index (Phi) is 3.51. The van der Waals surface area contributed by atoms with Crippen molar-refractivity contribution in [1.29, 1.82) is 0 Å². The SMILES string of the molecule is Cc1ncsc1C(C)NCc1cccs1. The summed E-state index contributed by atoms with van der Waals surface area (Å²) in [6.45, 7) is 5.19. The molecule has 2 aromatic rings. The maximum atomic E-state index is 4.26. The smallest absolute Gasteiger partial charge is 0.0798 e. The molecule has 2 rings (SSSR count). The van der Waals surface area contributed by atoms with Crippen molar-refractivity contribution in [1.82, 2.24) is 10.3 Å². The first-order chi connectivity index (χ1) is 7.27. The lowest BCUT2D eigenvalue weighted by Gasteiger charge is -2.11. The van der Waals surface area contributed by atoms with Gasteiger partial charge in [0.15, 0.2) is 0 Å². The molecule has 0 fully saturated rings. The molecule has 0 amide bonds. The molecule has 0 saturated carbocycles. The number of thiophene rings is 1. The number of thiazole rings is 1. The fourth-order valence-electron chi connectivity index (χ4n) is 1.49. The van der Waals surface area contributed by atoms with E-state index in [0.29, 0.717) is 6.04 Å². The van der Waals surface area contributed by atoms with Crippen LogP contribution < -0.4 is 5.32 Å². The molecule has 2 aromatic heterocycles. The van der Waals surface area contributed by atoms with Gasteiger partial charge in [-0.25, -0.2) is 4.98 Å². The van der Waals surface area contributed by atoms with Gasteiger partial charge in [0.05, 0.1) is 11.2 Å². The van der Waals surface area contributed by atoms with E-state index in [9.17, 15) is 0 Å². The van der Waals surface area contributed by atoms with Crippen LogP contribution in [-0.2, 0) is 6.54 Å². The molecule has 0 aliphatic heterocycles. The highest BCUT2D eigenvalue weighted by Crippen LogP contribution is 2.21. The van der Waals surface area contributed by atoms with Gasteiger partial charge >= 0.3 is 0 Å². The maximum Gasteiger partial charge on any atom is 0.0798 e. The van der Waals surface area contributed by atoms with Crippen LogP contribution in [0.5, 0.6) is 0 Å². The van der Waals surface area contributed by atoms with E-state index in [-0.39, 0.29) is 0 Å². The summed E-state index contributed by atoms with van der Waals surface area (Å²) < 4.78 is 0. The summed E-state index contributed by atoms with van der Waals surface area (Å²) in [5.74, 6) is 0. The summed E-state index contributed by atoms with van der Waals surface area (Å²) in [5, 5.41) is 5.62. The topological polar surface area (TPSA) is 24.9 Å². The van der Waals surface area contributed by atoms with Crippen LogP contribution >= 0.6 is 22.7 Å². The monoisotopic (exact) mass is 238 g/mol. The molecular formula is C11H14N2S2. The number of hydrogen-bond donors (Lipinski definition) is 1. The van der Waals surface area contributed by atoms with E-state index < -0.39 is 0 Å². The largest absolute Gasteiger partial charge is 0.304 e. The Morgan fingerprint density at radius 1 is 1.47 bits per heavy atom. The fraction of sp³-hybridized carbons (Fsp3) is 0.364. The third-order valence-corrected chi connectivity index (χ3v) is 4.33. The maximum absolute atomic E-state index is 4.26. The zero-order chi connectivity index (χ0) is 10.7. The van der Waals surface area contributed by atoms with Crippen LogP contribution in [0, 0.1) is 6.92 Å². The van der Waals surface area contributed by atoms with Crippen LogP contribution in [0.2, 0.25) is 0 Å². The Morgan fingerprint density at radius 3 is 2.93 bits per heavy atom. The van der Waals surface area contributed by atoms with Crippen molar-refractivity contribution in [2.75, 3.05) is 0 Å². The molecule has 0 spiro atoms. The van der Waals surface area contributed by atoms with Gasteiger partial charge in [0.1, 0.15) is 0 Å². The van der Waals surface area contributed by atoms with E-state index in [0.717, 1.165) is 12.2 Å². The quantitative estimate of drug-likeness (QED) is 0.883. The third kappa shape index (κ3) is 2.65. The number of aromatic nitrogens is 1. The molecule has 2 nitrogen and oxygen atoms in total. The first-order valence-electron chi connectivity index (χ1n) is 4.93. The normalized spacial score (nSPS) is 12.9. The molecule has 15 heavy (non-hydrogen) atoms. The Bertz CT molecular complexity index is 406. The van der Waals surface area contributed by atoms with Crippen LogP contribution in [0.3, 0.4) is 0 Å². The highest BCUT2D eigenvalue weighted by Gasteiger charge is 2.10. The molecule has 0 radical (unpaired) electrons. The van der Waals surface area contributed by atoms with Crippen molar-refractivity contribution in [3.8, 4) is 0 Å². The lowest BCUT2D eigenvalue weighted by atomic mass is 10.2. The van der Waals surface area contributed by atoms with Crippen molar-refractivity contribution in [3.05, 3.63) is 38.5 Å². The van der Waals surface area contributed by atoms with Crippen molar-refractivity contribution in [2.45, 2.75) is 26.4 Å². The molecule has 1 N–H and O–H groups in total. The predicted molar refractivity (Wildman–Crippen MR) is 66.4 cm³/mol. The van der Waals surface area contributed by atoms with Crippen LogP contribution in [0.4, 0.5) is 0 Å².